The number of methoxy groups -OCH3 is 1. The van der Waals surface area contributed by atoms with E-state index in [1.54, 1.807) is 41.6 Å². The zero-order valence-corrected chi connectivity index (χ0v) is 31.5. The van der Waals surface area contributed by atoms with Gasteiger partial charge in [0.15, 0.2) is 0 Å². The lowest BCUT2D eigenvalue weighted by molar-refractivity contribution is -0.141. The Bertz CT molecular complexity index is 1860. The molecule has 2 fully saturated rings. The van der Waals surface area contributed by atoms with E-state index in [2.05, 4.69) is 10.3 Å². The molecule has 2 saturated heterocycles. The van der Waals surface area contributed by atoms with Crippen LogP contribution in [0.5, 0.6) is 5.75 Å². The molecular weight excluding hydrogens is 717 g/mol. The number of aryl methyl sites for hydroxylation is 1. The van der Waals surface area contributed by atoms with E-state index in [0.29, 0.717) is 62.5 Å². The first kappa shape index (κ1) is 40.2. The molecule has 1 aromatic heterocycles. The Morgan fingerprint density at radius 3 is 2.33 bits per heavy atom. The Labute approximate surface area is 315 Å². The first-order chi connectivity index (χ1) is 25.9. The number of ether oxygens (including phenoxy) is 2. The molecule has 14 nitrogen and oxygen atoms in total. The van der Waals surface area contributed by atoms with Gasteiger partial charge in [-0.15, -0.1) is 0 Å². The van der Waals surface area contributed by atoms with Gasteiger partial charge in [0.25, 0.3) is 10.1 Å². The predicted octanol–water partition coefficient (Wildman–Crippen LogP) is 4.97. The van der Waals surface area contributed by atoms with E-state index >= 15 is 0 Å². The van der Waals surface area contributed by atoms with Gasteiger partial charge in [0.2, 0.25) is 11.8 Å². The van der Waals surface area contributed by atoms with E-state index in [1.807, 2.05) is 25.1 Å². The maximum Gasteiger partial charge on any atom is 0.407 e. The second-order valence-corrected chi connectivity index (χ2v) is 15.4. The van der Waals surface area contributed by atoms with E-state index < -0.39 is 34.1 Å². The highest BCUT2D eigenvalue weighted by Crippen LogP contribution is 2.28. The number of nitrogens with one attached hydrogen (secondary N) is 1. The highest BCUT2D eigenvalue weighted by Gasteiger charge is 2.31. The number of aromatic nitrogens is 1. The van der Waals surface area contributed by atoms with E-state index in [0.717, 1.165) is 29.5 Å². The van der Waals surface area contributed by atoms with Crippen LogP contribution in [0, 0.1) is 18.8 Å². The molecule has 2 aromatic carbocycles. The molecule has 15 heteroatoms. The Balaban J connectivity index is 1.15. The van der Waals surface area contributed by atoms with Crippen molar-refractivity contribution in [3.63, 3.8) is 0 Å². The van der Waals surface area contributed by atoms with Gasteiger partial charge in [-0.05, 0) is 86.4 Å². The van der Waals surface area contributed by atoms with Crippen LogP contribution < -0.4 is 10.1 Å². The number of carbonyl (C=O) groups excluding carboxylic acids is 3. The summed E-state index contributed by atoms with van der Waals surface area (Å²) in [7, 11) is -2.61. The minimum Gasteiger partial charge on any atom is -0.491 e. The van der Waals surface area contributed by atoms with Crippen LogP contribution in [0.1, 0.15) is 62.1 Å². The first-order valence-corrected chi connectivity index (χ1v) is 19.6. The van der Waals surface area contributed by atoms with Gasteiger partial charge in [0.1, 0.15) is 19.0 Å². The third kappa shape index (κ3) is 11.2. The predicted molar refractivity (Wildman–Crippen MR) is 198 cm³/mol. The van der Waals surface area contributed by atoms with Gasteiger partial charge >= 0.3 is 12.1 Å². The zero-order chi connectivity index (χ0) is 38.7. The normalized spacial score (nSPS) is 17.0. The van der Waals surface area contributed by atoms with Crippen LogP contribution in [0.3, 0.4) is 0 Å². The summed E-state index contributed by atoms with van der Waals surface area (Å²) in [5.74, 6) is -0.407. The topological polar surface area (TPSA) is 182 Å². The van der Waals surface area contributed by atoms with Crippen LogP contribution in [-0.4, -0.2) is 98.7 Å². The zero-order valence-electron chi connectivity index (χ0n) is 30.6. The number of nitrogens with zero attached hydrogens (tertiary/aromatic N) is 3. The summed E-state index contributed by atoms with van der Waals surface area (Å²) in [4.78, 5) is 58.0. The second-order valence-electron chi connectivity index (χ2n) is 13.7. The van der Waals surface area contributed by atoms with Gasteiger partial charge in [0, 0.05) is 50.6 Å². The van der Waals surface area contributed by atoms with Crippen molar-refractivity contribution >= 4 is 34.0 Å². The Kier molecular flexibility index (Phi) is 14.0. The standard InChI is InChI=1S/C39H48N4O10S/c1-27-5-12-34(13-6-27)54(49,50)53-21-20-52-33-10-8-29(9-11-33)31-22-32(25-40-24-31)35(23-37(45)51-2)41-38(46)30-4-3-17-43(26-30)36(44)14-7-28-15-18-42(19-16-28)39(47)48/h5-6,8-13,22,24-25,28,30,35H,3-4,7,14-21,23,26H2,1-2H3,(H,41,46)(H,47,48)/t30-,35?/m1/s1. The molecule has 2 atom stereocenters. The van der Waals surface area contributed by atoms with E-state index in [9.17, 15) is 32.7 Å². The minimum atomic E-state index is -3.90. The van der Waals surface area contributed by atoms with Gasteiger partial charge < -0.3 is 29.7 Å². The molecule has 0 radical (unpaired) electrons. The fraction of sp³-hybridized carbons (Fsp3) is 0.462. The summed E-state index contributed by atoms with van der Waals surface area (Å²) in [6, 6.07) is 14.6. The van der Waals surface area contributed by atoms with Gasteiger partial charge in [-0.25, -0.2) is 4.79 Å². The fourth-order valence-electron chi connectivity index (χ4n) is 6.73. The van der Waals surface area contributed by atoms with E-state index in [-0.39, 0.29) is 42.9 Å². The number of carbonyl (C=O) groups is 4. The summed E-state index contributed by atoms with van der Waals surface area (Å²) in [6.07, 6.45) is 6.05. The monoisotopic (exact) mass is 764 g/mol. The molecule has 290 valence electrons. The van der Waals surface area contributed by atoms with Gasteiger partial charge in [-0.1, -0.05) is 29.8 Å². The molecule has 3 heterocycles. The summed E-state index contributed by atoms with van der Waals surface area (Å²) >= 11 is 0. The molecule has 0 spiro atoms. The van der Waals surface area contributed by atoms with Crippen LogP contribution in [0.15, 0.2) is 71.9 Å². The summed E-state index contributed by atoms with van der Waals surface area (Å²) < 4.78 is 40.6. The van der Waals surface area contributed by atoms with Crippen molar-refractivity contribution in [2.75, 3.05) is 46.5 Å². The second kappa shape index (κ2) is 18.8. The number of hydrogen-bond donors (Lipinski definition) is 2. The number of benzene rings is 2. The summed E-state index contributed by atoms with van der Waals surface area (Å²) in [5, 5.41) is 12.2. The number of likely N-dealkylation sites (tertiary alicyclic amines) is 2. The molecule has 0 aliphatic carbocycles. The minimum absolute atomic E-state index is 0.00742. The molecule has 1 unspecified atom stereocenters. The van der Waals surface area contributed by atoms with Crippen molar-refractivity contribution in [3.05, 3.63) is 78.1 Å². The molecule has 2 aliphatic rings. The Hall–Kier alpha value is -5.02. The van der Waals surface area contributed by atoms with E-state index in [1.165, 1.54) is 24.1 Å². The van der Waals surface area contributed by atoms with Crippen molar-refractivity contribution in [3.8, 4) is 16.9 Å². The maximum atomic E-state index is 13.6. The lowest BCUT2D eigenvalue weighted by Gasteiger charge is -2.34. The number of rotatable bonds is 15. The molecule has 0 bridgehead atoms. The van der Waals surface area contributed by atoms with E-state index in [4.69, 9.17) is 13.7 Å². The third-order valence-corrected chi connectivity index (χ3v) is 11.3. The van der Waals surface area contributed by atoms with Crippen molar-refractivity contribution in [1.82, 2.24) is 20.1 Å². The van der Waals surface area contributed by atoms with Crippen molar-refractivity contribution < 1.29 is 46.4 Å². The number of carboxylic acid groups (broad SMARTS) is 1. The Morgan fingerprint density at radius 1 is 0.926 bits per heavy atom. The molecular formula is C39H48N4O10S. The number of esters is 1. The first-order valence-electron chi connectivity index (χ1n) is 18.2. The van der Waals surface area contributed by atoms with Crippen LogP contribution in [0.2, 0.25) is 0 Å². The van der Waals surface area contributed by atoms with Gasteiger partial charge in [-0.3, -0.25) is 23.6 Å². The van der Waals surface area contributed by atoms with Gasteiger partial charge in [0.05, 0.1) is 30.4 Å². The molecule has 54 heavy (non-hydrogen) atoms. The molecule has 0 saturated carbocycles. The van der Waals surface area contributed by atoms with Crippen LogP contribution in [0.25, 0.3) is 11.1 Å². The molecule has 5 rings (SSSR count). The van der Waals surface area contributed by atoms with Crippen LogP contribution in [0.4, 0.5) is 4.79 Å². The molecule has 2 N–H and O–H groups in total. The maximum absolute atomic E-state index is 13.6. The average molecular weight is 765 g/mol. The smallest absolute Gasteiger partial charge is 0.407 e. The Morgan fingerprint density at radius 2 is 1.65 bits per heavy atom. The SMILES string of the molecule is COC(=O)CC(NC(=O)[C@@H]1CCCN(C(=O)CCC2CCN(C(=O)O)CC2)C1)c1cncc(-c2ccc(OCCOS(=O)(=O)c3ccc(C)cc3)cc2)c1. The van der Waals surface area contributed by atoms with Crippen LogP contribution in [-0.2, 0) is 33.4 Å². The highest BCUT2D eigenvalue weighted by molar-refractivity contribution is 7.86. The number of amides is 3. The van der Waals surface area contributed by atoms with Crippen molar-refractivity contribution in [2.24, 2.45) is 11.8 Å². The average Bonchev–Trinajstić information content (AvgIpc) is 3.19. The molecule has 3 amide bonds. The van der Waals surface area contributed by atoms with Gasteiger partial charge in [-0.2, -0.15) is 8.42 Å². The fourth-order valence-corrected chi connectivity index (χ4v) is 7.63. The number of piperidine rings is 2. The van der Waals surface area contributed by atoms with Crippen molar-refractivity contribution in [2.45, 2.75) is 62.8 Å². The molecule has 3 aromatic rings. The van der Waals surface area contributed by atoms with Crippen LogP contribution >= 0.6 is 0 Å². The number of hydrogen-bond acceptors (Lipinski definition) is 10. The largest absolute Gasteiger partial charge is 0.491 e. The number of pyridine rings is 1. The quantitative estimate of drug-likeness (QED) is 0.121. The summed E-state index contributed by atoms with van der Waals surface area (Å²) in [6.45, 7) is 3.54. The third-order valence-electron chi connectivity index (χ3n) is 9.96. The lowest BCUT2D eigenvalue weighted by Crippen LogP contribution is -2.46. The summed E-state index contributed by atoms with van der Waals surface area (Å²) in [5.41, 5.74) is 3.08. The highest BCUT2D eigenvalue weighted by atomic mass is 32.2. The molecule has 2 aliphatic heterocycles. The lowest BCUT2D eigenvalue weighted by atomic mass is 9.91. The van der Waals surface area contributed by atoms with Crippen molar-refractivity contribution in [1.29, 1.82) is 0 Å².